The number of halogens is 1. The molecule has 0 saturated carbocycles. The lowest BCUT2D eigenvalue weighted by Crippen LogP contribution is -2.47. The molecular weight excluding hydrogens is 326 g/mol. The normalized spacial score (nSPS) is 19.5. The summed E-state index contributed by atoms with van der Waals surface area (Å²) in [5.41, 5.74) is 1.24. The first-order valence-corrected chi connectivity index (χ1v) is 8.92. The Kier molecular flexibility index (Phi) is 3.88. The highest BCUT2D eigenvalue weighted by molar-refractivity contribution is 7.89. The van der Waals surface area contributed by atoms with Crippen LogP contribution < -0.4 is 5.14 Å². The summed E-state index contributed by atoms with van der Waals surface area (Å²) in [6.07, 6.45) is 1.11. The van der Waals surface area contributed by atoms with E-state index in [-0.39, 0.29) is 12.5 Å². The van der Waals surface area contributed by atoms with Gasteiger partial charge >= 0.3 is 0 Å². The summed E-state index contributed by atoms with van der Waals surface area (Å²) in [4.78, 5) is 17.1. The van der Waals surface area contributed by atoms with Crippen molar-refractivity contribution in [2.45, 2.75) is 18.1 Å². The number of sulfonamides is 1. The summed E-state index contributed by atoms with van der Waals surface area (Å²) >= 11 is 5.94. The Bertz CT molecular complexity index is 831. The number of carbonyl (C=O) groups excluding carboxylic acids is 1. The molecule has 2 heterocycles. The largest absolute Gasteiger partial charge is 0.351 e. The predicted molar refractivity (Wildman–Crippen MR) is 85.3 cm³/mol. The van der Waals surface area contributed by atoms with Gasteiger partial charge in [-0.05, 0) is 37.1 Å². The third-order valence-corrected chi connectivity index (χ3v) is 5.49. The van der Waals surface area contributed by atoms with Gasteiger partial charge in [0.25, 0.3) is 5.91 Å². The third-order valence-electron chi connectivity index (χ3n) is 3.94. The Labute approximate surface area is 133 Å². The molecule has 1 aromatic heterocycles. The van der Waals surface area contributed by atoms with Crippen molar-refractivity contribution in [3.8, 4) is 0 Å². The zero-order valence-electron chi connectivity index (χ0n) is 11.8. The number of primary sulfonamides is 1. The summed E-state index contributed by atoms with van der Waals surface area (Å²) in [7, 11) is -3.63. The van der Waals surface area contributed by atoms with Crippen LogP contribution in [0, 0.1) is 0 Å². The van der Waals surface area contributed by atoms with Crippen LogP contribution >= 0.6 is 11.6 Å². The van der Waals surface area contributed by atoms with Crippen molar-refractivity contribution >= 4 is 38.4 Å². The number of fused-ring (bicyclic) bond motifs is 1. The lowest BCUT2D eigenvalue weighted by atomic mass is 10.1. The van der Waals surface area contributed by atoms with E-state index in [0.717, 1.165) is 10.9 Å². The standard InChI is InChI=1S/C14H16ClN3O3S/c15-10-3-4-12-9(6-10)7-13(17-12)14(19)18-5-1-2-11(8-18)22(16,20)21/h3-4,6-7,11,17H,1-2,5,8H2,(H2,16,20,21). The summed E-state index contributed by atoms with van der Waals surface area (Å²) in [5.74, 6) is -0.222. The van der Waals surface area contributed by atoms with Gasteiger partial charge in [-0.1, -0.05) is 11.6 Å². The molecule has 1 unspecified atom stereocenters. The number of carbonyl (C=O) groups is 1. The Morgan fingerprint density at radius 2 is 2.14 bits per heavy atom. The number of nitrogens with two attached hydrogens (primary N) is 1. The van der Waals surface area contributed by atoms with Gasteiger partial charge in [0.15, 0.2) is 0 Å². The minimum absolute atomic E-state index is 0.133. The Morgan fingerprint density at radius 3 is 2.86 bits per heavy atom. The van der Waals surface area contributed by atoms with E-state index in [1.165, 1.54) is 4.90 Å². The van der Waals surface area contributed by atoms with Crippen LogP contribution in [0.4, 0.5) is 0 Å². The number of likely N-dealkylation sites (tertiary alicyclic amines) is 1. The maximum absolute atomic E-state index is 12.6. The number of benzene rings is 1. The number of hydrogen-bond acceptors (Lipinski definition) is 3. The molecule has 1 aliphatic rings. The molecule has 22 heavy (non-hydrogen) atoms. The molecule has 1 aromatic carbocycles. The van der Waals surface area contributed by atoms with E-state index in [0.29, 0.717) is 30.1 Å². The van der Waals surface area contributed by atoms with Crippen LogP contribution in [-0.2, 0) is 10.0 Å². The summed E-state index contributed by atoms with van der Waals surface area (Å²) in [6, 6.07) is 7.04. The zero-order valence-corrected chi connectivity index (χ0v) is 13.3. The molecule has 0 bridgehead atoms. The second kappa shape index (κ2) is 5.57. The number of H-pyrrole nitrogens is 1. The lowest BCUT2D eigenvalue weighted by molar-refractivity contribution is 0.0722. The maximum Gasteiger partial charge on any atom is 0.270 e. The van der Waals surface area contributed by atoms with E-state index in [1.807, 2.05) is 0 Å². The molecule has 0 aliphatic carbocycles. The molecule has 1 aliphatic heterocycles. The van der Waals surface area contributed by atoms with Gasteiger partial charge in [-0.25, -0.2) is 13.6 Å². The van der Waals surface area contributed by atoms with E-state index in [2.05, 4.69) is 4.98 Å². The SMILES string of the molecule is NS(=O)(=O)C1CCCN(C(=O)c2cc3cc(Cl)ccc3[nH]2)C1. The molecule has 0 spiro atoms. The van der Waals surface area contributed by atoms with Crippen LogP contribution in [0.15, 0.2) is 24.3 Å². The zero-order chi connectivity index (χ0) is 15.9. The van der Waals surface area contributed by atoms with Gasteiger partial charge in [-0.3, -0.25) is 4.79 Å². The first kappa shape index (κ1) is 15.3. The molecule has 3 N–H and O–H groups in total. The number of nitrogens with zero attached hydrogens (tertiary/aromatic N) is 1. The quantitative estimate of drug-likeness (QED) is 0.870. The molecule has 8 heteroatoms. The fraction of sp³-hybridized carbons (Fsp3) is 0.357. The Hall–Kier alpha value is -1.57. The van der Waals surface area contributed by atoms with Gasteiger partial charge < -0.3 is 9.88 Å². The van der Waals surface area contributed by atoms with Crippen LogP contribution in [0.3, 0.4) is 0 Å². The minimum atomic E-state index is -3.63. The van der Waals surface area contributed by atoms with Gasteiger partial charge in [-0.2, -0.15) is 0 Å². The van der Waals surface area contributed by atoms with Crippen LogP contribution in [0.2, 0.25) is 5.02 Å². The molecule has 1 atom stereocenters. The Balaban J connectivity index is 1.85. The summed E-state index contributed by atoms with van der Waals surface area (Å²) in [6.45, 7) is 0.661. The number of rotatable bonds is 2. The number of hydrogen-bond donors (Lipinski definition) is 2. The molecule has 3 rings (SSSR count). The maximum atomic E-state index is 12.6. The molecule has 1 fully saturated rings. The Morgan fingerprint density at radius 1 is 1.36 bits per heavy atom. The molecule has 6 nitrogen and oxygen atoms in total. The number of amides is 1. The highest BCUT2D eigenvalue weighted by Crippen LogP contribution is 2.22. The van der Waals surface area contributed by atoms with Crippen LogP contribution in [-0.4, -0.2) is 42.5 Å². The van der Waals surface area contributed by atoms with Gasteiger partial charge in [0.1, 0.15) is 5.69 Å². The molecule has 0 radical (unpaired) electrons. The third kappa shape index (κ3) is 2.97. The second-order valence-electron chi connectivity index (χ2n) is 5.52. The molecular formula is C14H16ClN3O3S. The van der Waals surface area contributed by atoms with Crippen molar-refractivity contribution in [2.75, 3.05) is 13.1 Å². The number of piperidine rings is 1. The highest BCUT2D eigenvalue weighted by atomic mass is 35.5. The fourth-order valence-corrected chi connectivity index (χ4v) is 3.84. The topological polar surface area (TPSA) is 96.3 Å². The summed E-state index contributed by atoms with van der Waals surface area (Å²) < 4.78 is 23.0. The monoisotopic (exact) mass is 341 g/mol. The first-order valence-electron chi connectivity index (χ1n) is 6.94. The highest BCUT2D eigenvalue weighted by Gasteiger charge is 2.31. The van der Waals surface area contributed by atoms with Crippen molar-refractivity contribution in [1.82, 2.24) is 9.88 Å². The molecule has 118 valence electrons. The first-order chi connectivity index (χ1) is 10.3. The molecule has 1 amide bonds. The number of aromatic amines is 1. The van der Waals surface area contributed by atoms with Gasteiger partial charge in [0.2, 0.25) is 10.0 Å². The van der Waals surface area contributed by atoms with Crippen molar-refractivity contribution in [1.29, 1.82) is 0 Å². The minimum Gasteiger partial charge on any atom is -0.351 e. The number of nitrogens with one attached hydrogen (secondary N) is 1. The predicted octanol–water partition coefficient (Wildman–Crippen LogP) is 1.71. The average Bonchev–Trinajstić information content (AvgIpc) is 2.88. The van der Waals surface area contributed by atoms with E-state index < -0.39 is 15.3 Å². The van der Waals surface area contributed by atoms with Crippen molar-refractivity contribution < 1.29 is 13.2 Å². The molecule has 2 aromatic rings. The van der Waals surface area contributed by atoms with Crippen molar-refractivity contribution in [3.63, 3.8) is 0 Å². The average molecular weight is 342 g/mol. The molecule has 1 saturated heterocycles. The van der Waals surface area contributed by atoms with Gasteiger partial charge in [0.05, 0.1) is 5.25 Å². The smallest absolute Gasteiger partial charge is 0.270 e. The lowest BCUT2D eigenvalue weighted by Gasteiger charge is -2.31. The van der Waals surface area contributed by atoms with Crippen molar-refractivity contribution in [3.05, 3.63) is 35.0 Å². The summed E-state index contributed by atoms with van der Waals surface area (Å²) in [5, 5.41) is 5.95. The number of aromatic nitrogens is 1. The van der Waals surface area contributed by atoms with Gasteiger partial charge in [0, 0.05) is 29.0 Å². The van der Waals surface area contributed by atoms with E-state index in [1.54, 1.807) is 24.3 Å². The van der Waals surface area contributed by atoms with Crippen LogP contribution in [0.25, 0.3) is 10.9 Å². The van der Waals surface area contributed by atoms with Gasteiger partial charge in [-0.15, -0.1) is 0 Å². The fourth-order valence-electron chi connectivity index (χ4n) is 2.78. The second-order valence-corrected chi connectivity index (χ2v) is 7.80. The van der Waals surface area contributed by atoms with E-state index >= 15 is 0 Å². The van der Waals surface area contributed by atoms with Crippen molar-refractivity contribution in [2.24, 2.45) is 5.14 Å². The van der Waals surface area contributed by atoms with E-state index in [9.17, 15) is 13.2 Å². The van der Waals surface area contributed by atoms with Crippen LogP contribution in [0.5, 0.6) is 0 Å². The van der Waals surface area contributed by atoms with Crippen LogP contribution in [0.1, 0.15) is 23.3 Å². The van der Waals surface area contributed by atoms with E-state index in [4.69, 9.17) is 16.7 Å².